The molecule has 0 aliphatic rings. The second-order valence-corrected chi connectivity index (χ2v) is 21.6. The molecule has 0 amide bonds. The highest BCUT2D eigenvalue weighted by Gasteiger charge is 2.28. The van der Waals surface area contributed by atoms with E-state index in [0.29, 0.717) is 11.8 Å². The Morgan fingerprint density at radius 1 is 0.641 bits per heavy atom. The van der Waals surface area contributed by atoms with E-state index in [0.717, 1.165) is 57.2 Å². The number of hydrogen-bond acceptors (Lipinski definition) is 2. The lowest BCUT2D eigenvalue weighted by molar-refractivity contribution is -0.611. The molecule has 330 valence electrons. The van der Waals surface area contributed by atoms with Crippen molar-refractivity contribution in [1.82, 2.24) is 14.1 Å². The van der Waals surface area contributed by atoms with Crippen LogP contribution in [-0.4, -0.2) is 14.1 Å². The number of aryl methyl sites for hydroxylation is 1. The van der Waals surface area contributed by atoms with E-state index in [1.807, 2.05) is 6.20 Å². The number of nitrogens with zero attached hydrogens (tertiary/aromatic N) is 4. The molecule has 3 aromatic heterocycles. The van der Waals surface area contributed by atoms with Crippen molar-refractivity contribution < 1.29 is 9.30 Å². The van der Waals surface area contributed by atoms with E-state index in [2.05, 4.69) is 233 Å². The van der Waals surface area contributed by atoms with Gasteiger partial charge < -0.3 is 4.74 Å². The Bertz CT molecular complexity index is 3000. The number of imidazole rings is 1. The third kappa shape index (κ3) is 8.42. The number of hydrogen-bond donors (Lipinski definition) is 0. The van der Waals surface area contributed by atoms with Gasteiger partial charge in [0.15, 0.2) is 0 Å². The second-order valence-electron chi connectivity index (χ2n) is 21.6. The lowest BCUT2D eigenvalue weighted by Gasteiger charge is -2.24. The molecule has 8 rings (SSSR count). The van der Waals surface area contributed by atoms with Crippen LogP contribution in [0.15, 0.2) is 115 Å². The van der Waals surface area contributed by atoms with Gasteiger partial charge in [0.05, 0.1) is 33.8 Å². The summed E-state index contributed by atoms with van der Waals surface area (Å²) in [5, 5.41) is 2.35. The van der Waals surface area contributed by atoms with Gasteiger partial charge in [0, 0.05) is 23.0 Å². The third-order valence-electron chi connectivity index (χ3n) is 12.9. The molecule has 0 bridgehead atoms. The number of rotatable bonds is 9. The smallest absolute Gasteiger partial charge is 0.269 e. The van der Waals surface area contributed by atoms with E-state index in [1.165, 1.54) is 50.0 Å². The number of aromatic nitrogens is 4. The predicted molar refractivity (Wildman–Crippen MR) is 269 cm³/mol. The highest BCUT2D eigenvalue weighted by atomic mass is 16.5. The van der Waals surface area contributed by atoms with Gasteiger partial charge in [-0.2, -0.15) is 0 Å². The Hall–Kier alpha value is -5.94. The zero-order chi connectivity index (χ0) is 46.0. The van der Waals surface area contributed by atoms with Crippen LogP contribution in [0.1, 0.15) is 148 Å². The summed E-state index contributed by atoms with van der Waals surface area (Å²) in [6.45, 7) is 34.2. The minimum atomic E-state index is -0.174. The molecule has 0 saturated heterocycles. The average molecular weight is 849 g/mol. The van der Waals surface area contributed by atoms with E-state index in [1.54, 1.807) is 0 Å². The topological polar surface area (TPSA) is 35.9 Å². The van der Waals surface area contributed by atoms with Gasteiger partial charge in [0.25, 0.3) is 6.33 Å². The summed E-state index contributed by atoms with van der Waals surface area (Å²) in [6.07, 6.45) is 6.84. The van der Waals surface area contributed by atoms with Gasteiger partial charge in [-0.15, -0.1) is 0 Å². The molecule has 0 unspecified atom stereocenters. The van der Waals surface area contributed by atoms with Crippen LogP contribution < -0.4 is 9.30 Å². The minimum Gasteiger partial charge on any atom is -0.458 e. The molecule has 0 N–H and O–H groups in total. The van der Waals surface area contributed by atoms with E-state index >= 15 is 0 Å². The quantitative estimate of drug-likeness (QED) is 0.107. The van der Waals surface area contributed by atoms with Crippen LogP contribution in [0.4, 0.5) is 0 Å². The van der Waals surface area contributed by atoms with Crippen LogP contribution in [0.3, 0.4) is 0 Å². The molecule has 3 heterocycles. The first-order valence-corrected chi connectivity index (χ1v) is 23.3. The first-order chi connectivity index (χ1) is 30.1. The Balaban J connectivity index is 1.26. The lowest BCUT2D eigenvalue weighted by Crippen LogP contribution is -2.39. The Kier molecular flexibility index (Phi) is 11.6. The van der Waals surface area contributed by atoms with Gasteiger partial charge in [0.1, 0.15) is 17.3 Å². The number of benzene rings is 5. The normalized spacial score (nSPS) is 12.6. The predicted octanol–water partition coefficient (Wildman–Crippen LogP) is 15.5. The van der Waals surface area contributed by atoms with E-state index < -0.39 is 0 Å². The van der Waals surface area contributed by atoms with Crippen LogP contribution >= 0.6 is 0 Å². The van der Waals surface area contributed by atoms with Crippen molar-refractivity contribution >= 4 is 21.8 Å². The van der Waals surface area contributed by atoms with Crippen LogP contribution in [0.2, 0.25) is 0 Å². The van der Waals surface area contributed by atoms with Gasteiger partial charge in [-0.25, -0.2) is 4.98 Å². The molecular formula is C59H68N4O. The van der Waals surface area contributed by atoms with E-state index in [9.17, 15) is 0 Å². The van der Waals surface area contributed by atoms with Crippen LogP contribution in [0.25, 0.3) is 50.1 Å². The summed E-state index contributed by atoms with van der Waals surface area (Å²) in [7, 11) is 0. The summed E-state index contributed by atoms with van der Waals surface area (Å²) < 4.78 is 13.8. The van der Waals surface area contributed by atoms with Gasteiger partial charge in [-0.05, 0) is 141 Å². The molecule has 0 aliphatic heterocycles. The first-order valence-electron chi connectivity index (χ1n) is 23.3. The number of para-hydroxylation sites is 1. The molecule has 8 aromatic rings. The third-order valence-corrected chi connectivity index (χ3v) is 12.9. The second kappa shape index (κ2) is 16.6. The number of pyridine rings is 1. The summed E-state index contributed by atoms with van der Waals surface area (Å²) in [4.78, 5) is 4.91. The molecule has 0 radical (unpaired) electrons. The Labute approximate surface area is 382 Å². The van der Waals surface area contributed by atoms with Crippen LogP contribution in [0.5, 0.6) is 11.5 Å². The molecule has 0 atom stereocenters. The van der Waals surface area contributed by atoms with Gasteiger partial charge in [-0.3, -0.25) is 13.7 Å². The van der Waals surface area contributed by atoms with Crippen LogP contribution in [-0.2, 0) is 22.7 Å². The van der Waals surface area contributed by atoms with Gasteiger partial charge in [-0.1, -0.05) is 139 Å². The first kappa shape index (κ1) is 44.7. The highest BCUT2D eigenvalue weighted by molar-refractivity contribution is 6.09. The molecule has 0 fully saturated rings. The molecule has 5 aromatic carbocycles. The van der Waals surface area contributed by atoms with Crippen molar-refractivity contribution in [3.63, 3.8) is 0 Å². The molecule has 0 aliphatic carbocycles. The maximum absolute atomic E-state index is 6.95. The van der Waals surface area contributed by atoms with Crippen molar-refractivity contribution in [2.45, 2.75) is 138 Å². The SMILES string of the molecule is CCc1cc(C(C)C)c(-c2cccc(-[n+]3[c-]n(-c4cc(Oc5ccc6c7ccccc7n(-c7cc(C(C)(C)C)ccn7)c6c5)cc(C(C)(C)C)c4)c(C)c3C(C)(C)C)c2)c(C(C)C)c1. The highest BCUT2D eigenvalue weighted by Crippen LogP contribution is 2.40. The lowest BCUT2D eigenvalue weighted by atomic mass is 9.83. The van der Waals surface area contributed by atoms with Gasteiger partial charge in [0.2, 0.25) is 0 Å². The van der Waals surface area contributed by atoms with Crippen molar-refractivity contribution in [3.8, 4) is 39.8 Å². The van der Waals surface area contributed by atoms with Crippen molar-refractivity contribution in [1.29, 1.82) is 0 Å². The fourth-order valence-corrected chi connectivity index (χ4v) is 9.42. The fourth-order valence-electron chi connectivity index (χ4n) is 9.42. The summed E-state index contributed by atoms with van der Waals surface area (Å²) in [5.41, 5.74) is 15.6. The van der Waals surface area contributed by atoms with Crippen molar-refractivity contribution in [2.75, 3.05) is 0 Å². The van der Waals surface area contributed by atoms with E-state index in [-0.39, 0.29) is 16.2 Å². The molecule has 5 nitrogen and oxygen atoms in total. The maximum Gasteiger partial charge on any atom is 0.269 e. The van der Waals surface area contributed by atoms with E-state index in [4.69, 9.17) is 9.72 Å². The monoisotopic (exact) mass is 849 g/mol. The molecule has 0 spiro atoms. The summed E-state index contributed by atoms with van der Waals surface area (Å²) in [6, 6.07) is 40.0. The zero-order valence-electron chi connectivity index (χ0n) is 41.0. The Morgan fingerprint density at radius 3 is 1.95 bits per heavy atom. The standard InChI is InChI=1S/C59H68N4O/c1-16-40-28-50(37(2)3)55(51(29-40)38(4)5)41-20-19-21-44(30-41)62-36-61(39(6)56(62)59(13,14)15)45-31-43(58(10,11)12)32-47(34-45)64-46-24-25-49-48-22-17-18-23-52(48)63(53(49)35-46)54-33-42(26-27-60-54)57(7,8)9/h17-35,37-38H,16H2,1-15H3. The van der Waals surface area contributed by atoms with Crippen LogP contribution in [0, 0.1) is 13.3 Å². The molecule has 0 saturated carbocycles. The summed E-state index contributed by atoms with van der Waals surface area (Å²) in [5.74, 6) is 3.25. The van der Waals surface area contributed by atoms with Gasteiger partial charge >= 0.3 is 0 Å². The zero-order valence-corrected chi connectivity index (χ0v) is 41.0. The fraction of sp³-hybridized carbons (Fsp3) is 0.356. The molecule has 5 heteroatoms. The largest absolute Gasteiger partial charge is 0.458 e. The maximum atomic E-state index is 6.95. The number of fused-ring (bicyclic) bond motifs is 3. The van der Waals surface area contributed by atoms with Crippen molar-refractivity contribution in [3.05, 3.63) is 161 Å². The van der Waals surface area contributed by atoms with Crippen molar-refractivity contribution in [2.24, 2.45) is 0 Å². The Morgan fingerprint density at radius 2 is 1.31 bits per heavy atom. The number of ether oxygens (including phenoxy) is 1. The minimum absolute atomic E-state index is 0.0108. The molecule has 64 heavy (non-hydrogen) atoms. The average Bonchev–Trinajstić information content (AvgIpc) is 3.77. The molecular weight excluding hydrogens is 781 g/mol. The summed E-state index contributed by atoms with van der Waals surface area (Å²) >= 11 is 0.